The lowest BCUT2D eigenvalue weighted by molar-refractivity contribution is -0.484. The molecule has 0 aliphatic carbocycles. The minimum absolute atomic E-state index is 0.331. The lowest BCUT2D eigenvalue weighted by Crippen LogP contribution is -2.45. The van der Waals surface area contributed by atoms with Crippen molar-refractivity contribution < 1.29 is 28.1 Å². The Morgan fingerprint density at radius 1 is 1.13 bits per heavy atom. The predicted octanol–water partition coefficient (Wildman–Crippen LogP) is 2.54. The molecule has 0 heterocycles. The van der Waals surface area contributed by atoms with Crippen LogP contribution in [0.3, 0.4) is 0 Å². The van der Waals surface area contributed by atoms with E-state index in [0.29, 0.717) is 0 Å². The molecule has 1 unspecified atom stereocenters. The monoisotopic (exact) mass is 222 g/mol. The normalized spacial score (nSPS) is 16.1. The summed E-state index contributed by atoms with van der Waals surface area (Å²) in [5.41, 5.74) is -0.331. The van der Waals surface area contributed by atoms with Crippen molar-refractivity contribution in [3.63, 3.8) is 0 Å². The molecule has 1 rings (SSSR count). The van der Waals surface area contributed by atoms with Gasteiger partial charge in [-0.2, -0.15) is 18.1 Å². The van der Waals surface area contributed by atoms with Crippen LogP contribution in [0.1, 0.15) is 5.56 Å². The van der Waals surface area contributed by atoms with Crippen LogP contribution in [-0.2, 0) is 15.4 Å². The summed E-state index contributed by atoms with van der Waals surface area (Å²) in [4.78, 5) is 3.49. The number of hydrogen-bond acceptors (Lipinski definition) is 3. The Morgan fingerprint density at radius 2 is 1.67 bits per heavy atom. The molecule has 15 heavy (non-hydrogen) atoms. The first-order valence-corrected chi connectivity index (χ1v) is 3.98. The van der Waals surface area contributed by atoms with Crippen molar-refractivity contribution in [2.45, 2.75) is 12.0 Å². The molecule has 0 aliphatic rings. The highest BCUT2D eigenvalue weighted by Gasteiger charge is 2.59. The molecule has 1 atom stereocenters. The van der Waals surface area contributed by atoms with Crippen LogP contribution >= 0.6 is 0 Å². The topological polar surface area (TPSA) is 38.7 Å². The maximum atomic E-state index is 12.7. The zero-order chi connectivity index (χ0) is 11.5. The van der Waals surface area contributed by atoms with E-state index in [0.717, 1.165) is 19.2 Å². The quantitative estimate of drug-likeness (QED) is 0.485. The minimum atomic E-state index is -4.88. The fraction of sp³-hybridized carbons (Fsp3) is 0.333. The molecule has 0 fully saturated rings. The number of rotatable bonds is 3. The van der Waals surface area contributed by atoms with Gasteiger partial charge in [-0.15, -0.1) is 0 Å². The van der Waals surface area contributed by atoms with Crippen LogP contribution in [0.15, 0.2) is 30.3 Å². The van der Waals surface area contributed by atoms with Gasteiger partial charge in [0, 0.05) is 12.7 Å². The van der Waals surface area contributed by atoms with Crippen molar-refractivity contribution in [2.75, 3.05) is 7.11 Å². The summed E-state index contributed by atoms with van der Waals surface area (Å²) < 4.78 is 42.2. The van der Waals surface area contributed by atoms with Crippen molar-refractivity contribution >= 4 is 0 Å². The van der Waals surface area contributed by atoms with Gasteiger partial charge in [0.05, 0.1) is 0 Å². The molecule has 0 saturated heterocycles. The highest BCUT2D eigenvalue weighted by Crippen LogP contribution is 2.41. The van der Waals surface area contributed by atoms with Gasteiger partial charge in [0.1, 0.15) is 0 Å². The second-order valence-corrected chi connectivity index (χ2v) is 2.78. The van der Waals surface area contributed by atoms with Crippen LogP contribution in [0, 0.1) is 0 Å². The third-order valence-corrected chi connectivity index (χ3v) is 1.94. The first-order chi connectivity index (χ1) is 6.98. The van der Waals surface area contributed by atoms with Gasteiger partial charge in [-0.3, -0.25) is 0 Å². The van der Waals surface area contributed by atoms with Gasteiger partial charge in [0.15, 0.2) is 0 Å². The van der Waals surface area contributed by atoms with Crippen LogP contribution < -0.4 is 0 Å². The zero-order valence-corrected chi connectivity index (χ0v) is 7.78. The minimum Gasteiger partial charge on any atom is -0.340 e. The summed E-state index contributed by atoms with van der Waals surface area (Å²) >= 11 is 0. The summed E-state index contributed by atoms with van der Waals surface area (Å²) in [6.45, 7) is 0. The highest BCUT2D eigenvalue weighted by molar-refractivity contribution is 5.21. The molecule has 1 N–H and O–H groups in total. The number of hydrogen-bond donors (Lipinski definition) is 1. The van der Waals surface area contributed by atoms with Gasteiger partial charge in [0.25, 0.3) is 0 Å². The van der Waals surface area contributed by atoms with E-state index in [4.69, 9.17) is 5.26 Å². The first-order valence-electron chi connectivity index (χ1n) is 3.98. The van der Waals surface area contributed by atoms with Gasteiger partial charge in [-0.05, 0) is 0 Å². The fourth-order valence-corrected chi connectivity index (χ4v) is 1.20. The average Bonchev–Trinajstić information content (AvgIpc) is 2.20. The number of benzene rings is 1. The number of alkyl halides is 3. The van der Waals surface area contributed by atoms with Crippen molar-refractivity contribution in [2.24, 2.45) is 0 Å². The smallest absolute Gasteiger partial charge is 0.340 e. The largest absolute Gasteiger partial charge is 0.451 e. The summed E-state index contributed by atoms with van der Waals surface area (Å²) in [5.74, 6) is -3.13. The molecule has 84 valence electrons. The maximum absolute atomic E-state index is 12.7. The van der Waals surface area contributed by atoms with E-state index in [1.54, 1.807) is 0 Å². The molecule has 0 saturated carbocycles. The van der Waals surface area contributed by atoms with Gasteiger partial charge in [0.2, 0.25) is 0 Å². The Bertz CT molecular complexity index is 306. The van der Waals surface area contributed by atoms with E-state index in [2.05, 4.69) is 9.62 Å². The van der Waals surface area contributed by atoms with Gasteiger partial charge < -0.3 is 4.74 Å². The molecule has 0 amide bonds. The fourth-order valence-electron chi connectivity index (χ4n) is 1.20. The van der Waals surface area contributed by atoms with E-state index in [9.17, 15) is 13.2 Å². The second-order valence-electron chi connectivity index (χ2n) is 2.78. The summed E-state index contributed by atoms with van der Waals surface area (Å²) in [6, 6.07) is 6.60. The lowest BCUT2D eigenvalue weighted by Gasteiger charge is -2.30. The average molecular weight is 222 g/mol. The van der Waals surface area contributed by atoms with Crippen molar-refractivity contribution in [1.29, 1.82) is 0 Å². The molecule has 0 bridgehead atoms. The van der Waals surface area contributed by atoms with Crippen molar-refractivity contribution in [3.8, 4) is 0 Å². The Balaban J connectivity index is 3.24. The highest BCUT2D eigenvalue weighted by atomic mass is 19.4. The zero-order valence-electron chi connectivity index (χ0n) is 7.78. The molecule has 0 spiro atoms. The van der Waals surface area contributed by atoms with Gasteiger partial charge in [-0.25, -0.2) is 5.26 Å². The Labute approximate surface area is 84.0 Å². The Hall–Kier alpha value is -1.11. The molecule has 0 radical (unpaired) electrons. The Morgan fingerprint density at radius 3 is 2.00 bits per heavy atom. The third-order valence-electron chi connectivity index (χ3n) is 1.94. The van der Waals surface area contributed by atoms with Crippen LogP contribution in [0.2, 0.25) is 0 Å². The first kappa shape index (κ1) is 12.0. The van der Waals surface area contributed by atoms with Gasteiger partial charge in [-0.1, -0.05) is 30.3 Å². The number of halogens is 3. The van der Waals surface area contributed by atoms with E-state index >= 15 is 0 Å². The SMILES string of the molecule is COC(OO)(c1ccccc1)C(F)(F)F. The Kier molecular flexibility index (Phi) is 3.33. The van der Waals surface area contributed by atoms with E-state index in [1.807, 2.05) is 0 Å². The van der Waals surface area contributed by atoms with Crippen molar-refractivity contribution in [3.05, 3.63) is 35.9 Å². The predicted molar refractivity (Wildman–Crippen MR) is 44.9 cm³/mol. The van der Waals surface area contributed by atoms with Crippen LogP contribution in [-0.4, -0.2) is 18.5 Å². The number of ether oxygens (including phenoxy) is 1. The lowest BCUT2D eigenvalue weighted by atomic mass is 10.1. The van der Waals surface area contributed by atoms with E-state index in [1.165, 1.54) is 18.2 Å². The van der Waals surface area contributed by atoms with E-state index < -0.39 is 12.0 Å². The molecule has 3 nitrogen and oxygen atoms in total. The van der Waals surface area contributed by atoms with Gasteiger partial charge >= 0.3 is 12.0 Å². The molecule has 0 aliphatic heterocycles. The maximum Gasteiger partial charge on any atom is 0.451 e. The third kappa shape index (κ3) is 1.97. The van der Waals surface area contributed by atoms with E-state index in [-0.39, 0.29) is 5.56 Å². The molecule has 0 aromatic heterocycles. The van der Waals surface area contributed by atoms with Crippen LogP contribution in [0.5, 0.6) is 0 Å². The molecular formula is C9H9F3O3. The summed E-state index contributed by atoms with van der Waals surface area (Å²) in [6.07, 6.45) is -4.88. The van der Waals surface area contributed by atoms with Crippen LogP contribution in [0.4, 0.5) is 13.2 Å². The van der Waals surface area contributed by atoms with Crippen molar-refractivity contribution in [1.82, 2.24) is 0 Å². The second kappa shape index (κ2) is 4.18. The summed E-state index contributed by atoms with van der Waals surface area (Å²) in [7, 11) is 0.802. The standard InChI is InChI=1S/C9H9F3O3/c1-14-8(15-13,9(10,11)12)7-5-3-2-4-6-7/h2-6,13H,1H3. The molecule has 6 heteroatoms. The molecule has 1 aromatic carbocycles. The summed E-state index contributed by atoms with van der Waals surface area (Å²) in [5, 5.41) is 8.42. The van der Waals surface area contributed by atoms with Crippen LogP contribution in [0.25, 0.3) is 0 Å². The molecule has 1 aromatic rings. The number of methoxy groups -OCH3 is 1. The molecular weight excluding hydrogens is 213 g/mol.